The van der Waals surface area contributed by atoms with E-state index in [2.05, 4.69) is 20.4 Å². The van der Waals surface area contributed by atoms with E-state index >= 15 is 0 Å². The standard InChI is InChI=1S/C21H40O5/c1-8-10-11-20(9-2)15-25-18(6)13-23-17(5)12-24-19(7)14-26-21(22)16(3)4/h17-20H,3,8-15H2,1-2,4-7H3. The molecule has 0 fully saturated rings. The first kappa shape index (κ1) is 25.1. The maximum atomic E-state index is 11.3. The van der Waals surface area contributed by atoms with Crippen molar-refractivity contribution >= 4 is 5.97 Å². The lowest BCUT2D eigenvalue weighted by Gasteiger charge is -2.22. The summed E-state index contributed by atoms with van der Waals surface area (Å²) in [7, 11) is 0. The number of carbonyl (C=O) groups excluding carboxylic acids is 1. The molecule has 0 saturated carbocycles. The Morgan fingerprint density at radius 2 is 1.38 bits per heavy atom. The van der Waals surface area contributed by atoms with Gasteiger partial charge in [-0.2, -0.15) is 0 Å². The molecule has 0 aliphatic rings. The molecule has 0 rings (SSSR count). The predicted molar refractivity (Wildman–Crippen MR) is 105 cm³/mol. The highest BCUT2D eigenvalue weighted by Gasteiger charge is 2.13. The lowest BCUT2D eigenvalue weighted by atomic mass is 10.0. The largest absolute Gasteiger partial charge is 0.460 e. The predicted octanol–water partition coefficient (Wildman–Crippen LogP) is 4.54. The van der Waals surface area contributed by atoms with Gasteiger partial charge in [0.15, 0.2) is 0 Å². The molecule has 0 radical (unpaired) electrons. The summed E-state index contributed by atoms with van der Waals surface area (Å²) in [6.45, 7) is 17.5. The van der Waals surface area contributed by atoms with Gasteiger partial charge in [0.2, 0.25) is 0 Å². The lowest BCUT2D eigenvalue weighted by molar-refractivity contribution is -0.144. The van der Waals surface area contributed by atoms with Crippen LogP contribution in [0.1, 0.15) is 67.2 Å². The van der Waals surface area contributed by atoms with E-state index in [4.69, 9.17) is 18.9 Å². The van der Waals surface area contributed by atoms with E-state index in [9.17, 15) is 4.79 Å². The van der Waals surface area contributed by atoms with Gasteiger partial charge in [0.25, 0.3) is 0 Å². The van der Waals surface area contributed by atoms with Crippen LogP contribution in [-0.2, 0) is 23.7 Å². The molecule has 0 aromatic heterocycles. The van der Waals surface area contributed by atoms with E-state index in [1.807, 2.05) is 20.8 Å². The Morgan fingerprint density at radius 1 is 0.885 bits per heavy atom. The highest BCUT2D eigenvalue weighted by molar-refractivity contribution is 5.86. The van der Waals surface area contributed by atoms with Crippen molar-refractivity contribution in [3.63, 3.8) is 0 Å². The monoisotopic (exact) mass is 372 g/mol. The first-order valence-electron chi connectivity index (χ1n) is 9.97. The molecule has 0 aromatic rings. The molecule has 0 spiro atoms. The third kappa shape index (κ3) is 13.3. The molecular weight excluding hydrogens is 332 g/mol. The van der Waals surface area contributed by atoms with Gasteiger partial charge in [0, 0.05) is 12.2 Å². The Balaban J connectivity index is 3.84. The van der Waals surface area contributed by atoms with E-state index in [-0.39, 0.29) is 30.9 Å². The molecule has 5 heteroatoms. The van der Waals surface area contributed by atoms with Crippen LogP contribution in [0.4, 0.5) is 0 Å². The van der Waals surface area contributed by atoms with Crippen molar-refractivity contribution in [1.82, 2.24) is 0 Å². The van der Waals surface area contributed by atoms with Crippen LogP contribution in [0.2, 0.25) is 0 Å². The maximum Gasteiger partial charge on any atom is 0.333 e. The third-order valence-corrected chi connectivity index (χ3v) is 4.19. The van der Waals surface area contributed by atoms with Crippen molar-refractivity contribution in [2.24, 2.45) is 5.92 Å². The minimum absolute atomic E-state index is 0.0394. The zero-order chi connectivity index (χ0) is 19.9. The summed E-state index contributed by atoms with van der Waals surface area (Å²) in [5.74, 6) is 0.251. The highest BCUT2D eigenvalue weighted by atomic mass is 16.6. The molecule has 0 aliphatic carbocycles. The second-order valence-corrected chi connectivity index (χ2v) is 7.23. The van der Waals surface area contributed by atoms with Gasteiger partial charge in [0.05, 0.1) is 31.5 Å². The smallest absolute Gasteiger partial charge is 0.333 e. The number of esters is 1. The summed E-state index contributed by atoms with van der Waals surface area (Å²) >= 11 is 0. The van der Waals surface area contributed by atoms with Crippen LogP contribution in [0.15, 0.2) is 12.2 Å². The van der Waals surface area contributed by atoms with E-state index in [0.717, 1.165) is 13.0 Å². The quantitative estimate of drug-likeness (QED) is 0.294. The van der Waals surface area contributed by atoms with Crippen molar-refractivity contribution in [1.29, 1.82) is 0 Å². The van der Waals surface area contributed by atoms with Gasteiger partial charge < -0.3 is 18.9 Å². The molecule has 0 heterocycles. The van der Waals surface area contributed by atoms with Crippen molar-refractivity contribution in [2.45, 2.75) is 85.5 Å². The minimum atomic E-state index is -0.389. The Kier molecular flexibility index (Phi) is 14.6. The van der Waals surface area contributed by atoms with Crippen molar-refractivity contribution in [3.05, 3.63) is 12.2 Å². The van der Waals surface area contributed by atoms with Crippen LogP contribution in [0, 0.1) is 5.92 Å². The lowest BCUT2D eigenvalue weighted by Crippen LogP contribution is -2.28. The normalized spacial score (nSPS) is 15.9. The van der Waals surface area contributed by atoms with Crippen LogP contribution >= 0.6 is 0 Å². The number of rotatable bonds is 16. The maximum absolute atomic E-state index is 11.3. The zero-order valence-electron chi connectivity index (χ0n) is 17.7. The second kappa shape index (κ2) is 15.2. The fraction of sp³-hybridized carbons (Fsp3) is 0.857. The number of carbonyl (C=O) groups is 1. The Morgan fingerprint density at radius 3 is 1.85 bits per heavy atom. The van der Waals surface area contributed by atoms with E-state index in [0.29, 0.717) is 24.7 Å². The summed E-state index contributed by atoms with van der Waals surface area (Å²) in [5.41, 5.74) is 0.392. The van der Waals surface area contributed by atoms with Gasteiger partial charge in [-0.1, -0.05) is 39.7 Å². The summed E-state index contributed by atoms with van der Waals surface area (Å²) < 4.78 is 22.4. The van der Waals surface area contributed by atoms with Crippen molar-refractivity contribution < 1.29 is 23.7 Å². The molecule has 0 aliphatic heterocycles. The summed E-state index contributed by atoms with van der Waals surface area (Å²) in [5, 5.41) is 0. The first-order chi connectivity index (χ1) is 12.3. The Labute approximate surface area is 160 Å². The molecule has 0 bridgehead atoms. The molecule has 0 amide bonds. The third-order valence-electron chi connectivity index (χ3n) is 4.19. The number of unbranched alkanes of at least 4 members (excludes halogenated alkanes) is 1. The van der Waals surface area contributed by atoms with Gasteiger partial charge in [0.1, 0.15) is 6.61 Å². The topological polar surface area (TPSA) is 54.0 Å². The summed E-state index contributed by atoms with van der Waals surface area (Å²) in [6, 6.07) is 0. The van der Waals surface area contributed by atoms with Crippen LogP contribution in [-0.4, -0.2) is 50.7 Å². The molecule has 4 atom stereocenters. The van der Waals surface area contributed by atoms with E-state index in [1.165, 1.54) is 19.3 Å². The van der Waals surface area contributed by atoms with Crippen LogP contribution in [0.5, 0.6) is 0 Å². The van der Waals surface area contributed by atoms with Gasteiger partial charge in [-0.05, 0) is 40.0 Å². The van der Waals surface area contributed by atoms with Crippen molar-refractivity contribution in [3.8, 4) is 0 Å². The van der Waals surface area contributed by atoms with Crippen LogP contribution < -0.4 is 0 Å². The summed E-state index contributed by atoms with van der Waals surface area (Å²) in [4.78, 5) is 11.3. The van der Waals surface area contributed by atoms with Gasteiger partial charge in [-0.25, -0.2) is 4.79 Å². The van der Waals surface area contributed by atoms with E-state index in [1.54, 1.807) is 6.92 Å². The van der Waals surface area contributed by atoms with E-state index < -0.39 is 0 Å². The molecular formula is C21H40O5. The Bertz CT molecular complexity index is 383. The first-order valence-corrected chi connectivity index (χ1v) is 9.97. The summed E-state index contributed by atoms with van der Waals surface area (Å²) in [6.07, 6.45) is 4.74. The number of hydrogen-bond donors (Lipinski definition) is 0. The molecule has 0 N–H and O–H groups in total. The fourth-order valence-corrected chi connectivity index (χ4v) is 2.26. The minimum Gasteiger partial charge on any atom is -0.460 e. The SMILES string of the molecule is C=C(C)C(=O)OCC(C)OCC(C)OCC(C)OCC(CC)CCCC. The fourth-order valence-electron chi connectivity index (χ4n) is 2.26. The Hall–Kier alpha value is -0.910. The molecule has 26 heavy (non-hydrogen) atoms. The number of hydrogen-bond acceptors (Lipinski definition) is 5. The average molecular weight is 373 g/mol. The van der Waals surface area contributed by atoms with Gasteiger partial charge >= 0.3 is 5.97 Å². The van der Waals surface area contributed by atoms with Crippen LogP contribution in [0.25, 0.3) is 0 Å². The van der Waals surface area contributed by atoms with Gasteiger partial charge in [-0.3, -0.25) is 0 Å². The number of ether oxygens (including phenoxy) is 4. The molecule has 0 saturated heterocycles. The molecule has 154 valence electrons. The molecule has 0 aromatic carbocycles. The van der Waals surface area contributed by atoms with Crippen LogP contribution in [0.3, 0.4) is 0 Å². The highest BCUT2D eigenvalue weighted by Crippen LogP contribution is 2.14. The second-order valence-electron chi connectivity index (χ2n) is 7.23. The molecule has 5 nitrogen and oxygen atoms in total. The van der Waals surface area contributed by atoms with Gasteiger partial charge in [-0.15, -0.1) is 0 Å². The zero-order valence-corrected chi connectivity index (χ0v) is 17.7. The van der Waals surface area contributed by atoms with Crippen molar-refractivity contribution in [2.75, 3.05) is 26.4 Å². The molecule has 4 unspecified atom stereocenters. The average Bonchev–Trinajstić information content (AvgIpc) is 2.62.